The lowest BCUT2D eigenvalue weighted by Crippen LogP contribution is -2.28. The van der Waals surface area contributed by atoms with Gasteiger partial charge in [-0.2, -0.15) is 0 Å². The fourth-order valence-corrected chi connectivity index (χ4v) is 1.82. The third-order valence-electron chi connectivity index (χ3n) is 2.60. The van der Waals surface area contributed by atoms with E-state index in [9.17, 15) is 9.18 Å². The maximum absolute atomic E-state index is 13.4. The lowest BCUT2D eigenvalue weighted by atomic mass is 10.2. The number of carbonyl (C=O) groups is 1. The Labute approximate surface area is 121 Å². The number of benzene rings is 2. The number of hydrogen-bond donors (Lipinski definition) is 1. The smallest absolute Gasteiger partial charge is 0.254 e. The molecule has 0 aliphatic carbocycles. The van der Waals surface area contributed by atoms with Crippen LogP contribution in [0.1, 0.15) is 10.4 Å². The van der Waals surface area contributed by atoms with Crippen LogP contribution in [-0.2, 0) is 0 Å². The van der Waals surface area contributed by atoms with Crippen molar-refractivity contribution in [2.75, 3.05) is 13.2 Å². The van der Waals surface area contributed by atoms with Crippen molar-refractivity contribution in [3.8, 4) is 5.75 Å². The van der Waals surface area contributed by atoms with Crippen molar-refractivity contribution in [2.45, 2.75) is 0 Å². The summed E-state index contributed by atoms with van der Waals surface area (Å²) in [6, 6.07) is 12.9. The van der Waals surface area contributed by atoms with Crippen molar-refractivity contribution < 1.29 is 13.9 Å². The third-order valence-corrected chi connectivity index (χ3v) is 2.91. The third kappa shape index (κ3) is 3.71. The summed E-state index contributed by atoms with van der Waals surface area (Å²) in [7, 11) is 0. The van der Waals surface area contributed by atoms with E-state index in [1.165, 1.54) is 18.2 Å². The van der Waals surface area contributed by atoms with Crippen LogP contribution in [0.2, 0.25) is 5.02 Å². The van der Waals surface area contributed by atoms with Gasteiger partial charge in [0, 0.05) is 0 Å². The Hall–Kier alpha value is -2.07. The number of amides is 1. The molecule has 0 saturated carbocycles. The van der Waals surface area contributed by atoms with Crippen molar-refractivity contribution >= 4 is 17.5 Å². The van der Waals surface area contributed by atoms with Crippen molar-refractivity contribution in [1.82, 2.24) is 5.32 Å². The quantitative estimate of drug-likeness (QED) is 0.859. The zero-order valence-corrected chi connectivity index (χ0v) is 11.4. The van der Waals surface area contributed by atoms with Crippen LogP contribution in [0.15, 0.2) is 48.5 Å². The maximum atomic E-state index is 13.4. The lowest BCUT2D eigenvalue weighted by Gasteiger charge is -2.09. The van der Waals surface area contributed by atoms with E-state index in [-0.39, 0.29) is 18.7 Å². The minimum Gasteiger partial charge on any atom is -0.490 e. The van der Waals surface area contributed by atoms with Gasteiger partial charge in [0.05, 0.1) is 17.1 Å². The minimum absolute atomic E-state index is 0.0187. The standard InChI is InChI=1S/C15H13ClFNO2/c16-12-6-2-4-8-14(12)20-10-9-18-15(19)11-5-1-3-7-13(11)17/h1-8H,9-10H2,(H,18,19). The van der Waals surface area contributed by atoms with Crippen LogP contribution in [0.4, 0.5) is 4.39 Å². The highest BCUT2D eigenvalue weighted by atomic mass is 35.5. The molecule has 0 bridgehead atoms. The zero-order valence-electron chi connectivity index (χ0n) is 10.6. The van der Waals surface area contributed by atoms with Gasteiger partial charge >= 0.3 is 0 Å². The first-order chi connectivity index (χ1) is 9.68. The first-order valence-corrected chi connectivity index (χ1v) is 6.46. The van der Waals surface area contributed by atoms with E-state index in [0.717, 1.165) is 0 Å². The summed E-state index contributed by atoms with van der Waals surface area (Å²) in [6.45, 7) is 0.516. The number of ether oxygens (including phenoxy) is 1. The van der Waals surface area contributed by atoms with Crippen LogP contribution in [-0.4, -0.2) is 19.1 Å². The molecular weight excluding hydrogens is 281 g/mol. The van der Waals surface area contributed by atoms with Gasteiger partial charge in [-0.15, -0.1) is 0 Å². The highest BCUT2D eigenvalue weighted by molar-refractivity contribution is 6.32. The van der Waals surface area contributed by atoms with E-state index < -0.39 is 11.7 Å². The Morgan fingerprint density at radius 2 is 1.85 bits per heavy atom. The number of nitrogens with one attached hydrogen (secondary N) is 1. The van der Waals surface area contributed by atoms with Gasteiger partial charge in [-0.1, -0.05) is 35.9 Å². The Balaban J connectivity index is 1.81. The Morgan fingerprint density at radius 1 is 1.15 bits per heavy atom. The molecule has 2 rings (SSSR count). The molecule has 0 fully saturated rings. The summed E-state index contributed by atoms with van der Waals surface area (Å²) in [5, 5.41) is 3.09. The van der Waals surface area contributed by atoms with Crippen LogP contribution in [0.5, 0.6) is 5.75 Å². The summed E-state index contributed by atoms with van der Waals surface area (Å²) in [5.74, 6) is -0.461. The molecule has 5 heteroatoms. The van der Waals surface area contributed by atoms with E-state index in [1.54, 1.807) is 30.3 Å². The molecule has 0 atom stereocenters. The molecule has 0 radical (unpaired) electrons. The Kier molecular flexibility index (Phi) is 4.96. The van der Waals surface area contributed by atoms with E-state index in [1.807, 2.05) is 0 Å². The lowest BCUT2D eigenvalue weighted by molar-refractivity contribution is 0.0943. The molecule has 3 nitrogen and oxygen atoms in total. The molecule has 0 unspecified atom stereocenters. The molecule has 0 heterocycles. The predicted octanol–water partition coefficient (Wildman–Crippen LogP) is 3.29. The van der Waals surface area contributed by atoms with E-state index >= 15 is 0 Å². The number of hydrogen-bond acceptors (Lipinski definition) is 2. The molecule has 2 aromatic carbocycles. The molecule has 0 aliphatic rings. The number of rotatable bonds is 5. The maximum Gasteiger partial charge on any atom is 0.254 e. The van der Waals surface area contributed by atoms with E-state index in [2.05, 4.69) is 5.32 Å². The Morgan fingerprint density at radius 3 is 2.60 bits per heavy atom. The summed E-state index contributed by atoms with van der Waals surface area (Å²) in [5.41, 5.74) is 0.0187. The van der Waals surface area contributed by atoms with Gasteiger partial charge in [0.15, 0.2) is 0 Å². The first-order valence-electron chi connectivity index (χ1n) is 6.08. The molecule has 20 heavy (non-hydrogen) atoms. The number of carbonyl (C=O) groups excluding carboxylic acids is 1. The highest BCUT2D eigenvalue weighted by Gasteiger charge is 2.09. The van der Waals surface area contributed by atoms with Crippen LogP contribution < -0.4 is 10.1 Å². The van der Waals surface area contributed by atoms with Crippen LogP contribution >= 0.6 is 11.6 Å². The molecule has 0 spiro atoms. The number of halogens is 2. The van der Waals surface area contributed by atoms with Gasteiger partial charge in [0.25, 0.3) is 5.91 Å². The molecule has 0 saturated heterocycles. The van der Waals surface area contributed by atoms with Crippen molar-refractivity contribution in [2.24, 2.45) is 0 Å². The van der Waals surface area contributed by atoms with Gasteiger partial charge in [-0.05, 0) is 24.3 Å². The molecular formula is C15H13ClFNO2. The van der Waals surface area contributed by atoms with Gasteiger partial charge in [0.2, 0.25) is 0 Å². The molecule has 1 amide bonds. The van der Waals surface area contributed by atoms with Crippen LogP contribution in [0, 0.1) is 5.82 Å². The van der Waals surface area contributed by atoms with E-state index in [4.69, 9.17) is 16.3 Å². The second-order valence-corrected chi connectivity index (χ2v) is 4.42. The summed E-state index contributed by atoms with van der Waals surface area (Å²) in [4.78, 5) is 11.7. The fourth-order valence-electron chi connectivity index (χ4n) is 1.63. The Bertz CT molecular complexity index is 604. The van der Waals surface area contributed by atoms with Gasteiger partial charge < -0.3 is 10.1 Å². The summed E-state index contributed by atoms with van der Waals surface area (Å²) >= 11 is 5.92. The molecule has 0 aliphatic heterocycles. The van der Waals surface area contributed by atoms with Crippen LogP contribution in [0.3, 0.4) is 0 Å². The second kappa shape index (κ2) is 6.91. The van der Waals surface area contributed by atoms with Crippen LogP contribution in [0.25, 0.3) is 0 Å². The predicted molar refractivity (Wildman–Crippen MR) is 75.7 cm³/mol. The summed E-state index contributed by atoms with van der Waals surface area (Å²) in [6.07, 6.45) is 0. The normalized spacial score (nSPS) is 10.1. The molecule has 1 N–H and O–H groups in total. The van der Waals surface area contributed by atoms with Crippen molar-refractivity contribution in [3.05, 3.63) is 64.9 Å². The minimum atomic E-state index is -0.544. The molecule has 0 aromatic heterocycles. The highest BCUT2D eigenvalue weighted by Crippen LogP contribution is 2.22. The largest absolute Gasteiger partial charge is 0.490 e. The fraction of sp³-hybridized carbons (Fsp3) is 0.133. The van der Waals surface area contributed by atoms with Crippen molar-refractivity contribution in [1.29, 1.82) is 0 Å². The second-order valence-electron chi connectivity index (χ2n) is 4.01. The SMILES string of the molecule is O=C(NCCOc1ccccc1Cl)c1ccccc1F. The molecule has 104 valence electrons. The average Bonchev–Trinajstić information content (AvgIpc) is 2.45. The van der Waals surface area contributed by atoms with Crippen molar-refractivity contribution in [3.63, 3.8) is 0 Å². The van der Waals surface area contributed by atoms with Gasteiger partial charge in [-0.25, -0.2) is 4.39 Å². The molecule has 2 aromatic rings. The average molecular weight is 294 g/mol. The number of para-hydroxylation sites is 1. The zero-order chi connectivity index (χ0) is 14.4. The first kappa shape index (κ1) is 14.3. The summed E-state index contributed by atoms with van der Waals surface area (Å²) < 4.78 is 18.8. The monoisotopic (exact) mass is 293 g/mol. The van der Waals surface area contributed by atoms with Gasteiger partial charge in [0.1, 0.15) is 18.2 Å². The van der Waals surface area contributed by atoms with Gasteiger partial charge in [-0.3, -0.25) is 4.79 Å². The van der Waals surface area contributed by atoms with E-state index in [0.29, 0.717) is 10.8 Å². The topological polar surface area (TPSA) is 38.3 Å².